The largest absolute Gasteiger partial charge is 0.309 e. The summed E-state index contributed by atoms with van der Waals surface area (Å²) in [6, 6.07) is 6.02. The molecule has 1 aromatic carbocycles. The van der Waals surface area contributed by atoms with Crippen molar-refractivity contribution in [1.29, 1.82) is 0 Å². The lowest BCUT2D eigenvalue weighted by atomic mass is 10.0. The Balaban J connectivity index is 2.41. The van der Waals surface area contributed by atoms with Gasteiger partial charge in [0.05, 0.1) is 6.04 Å². The van der Waals surface area contributed by atoms with Crippen molar-refractivity contribution < 1.29 is 8.78 Å². The zero-order valence-corrected chi connectivity index (χ0v) is 11.4. The molecule has 0 aliphatic rings. The van der Waals surface area contributed by atoms with E-state index in [4.69, 9.17) is 0 Å². The second-order valence-electron chi connectivity index (χ2n) is 4.28. The number of nitrogens with one attached hydrogen (secondary N) is 1. The normalized spacial score (nSPS) is 12.7. The van der Waals surface area contributed by atoms with Crippen LogP contribution in [0, 0.1) is 25.5 Å². The summed E-state index contributed by atoms with van der Waals surface area (Å²) in [5.41, 5.74) is 1.95. The molecule has 0 amide bonds. The summed E-state index contributed by atoms with van der Waals surface area (Å²) < 4.78 is 26.2. The minimum atomic E-state index is -0.813. The van der Waals surface area contributed by atoms with E-state index in [0.717, 1.165) is 10.4 Å². The van der Waals surface area contributed by atoms with Gasteiger partial charge < -0.3 is 5.32 Å². The number of aryl methyl sites for hydroxylation is 2. The maximum Gasteiger partial charge on any atom is 0.159 e. The molecular weight excluding hydrogens is 252 g/mol. The van der Waals surface area contributed by atoms with E-state index in [0.29, 0.717) is 0 Å². The summed E-state index contributed by atoms with van der Waals surface area (Å²) in [6.45, 7) is 4.11. The highest BCUT2D eigenvalue weighted by Crippen LogP contribution is 2.31. The molecule has 1 unspecified atom stereocenters. The Kier molecular flexibility index (Phi) is 3.78. The molecule has 0 spiro atoms. The third-order valence-corrected chi connectivity index (χ3v) is 4.25. The van der Waals surface area contributed by atoms with Gasteiger partial charge in [-0.2, -0.15) is 0 Å². The molecule has 1 nitrogen and oxygen atoms in total. The van der Waals surface area contributed by atoms with Crippen molar-refractivity contribution >= 4 is 11.3 Å². The SMILES string of the molecule is CNC(c1ccc(F)c(F)c1)c1cc(C)c(C)s1. The fourth-order valence-electron chi connectivity index (χ4n) is 1.91. The third-order valence-electron chi connectivity index (χ3n) is 3.04. The van der Waals surface area contributed by atoms with Gasteiger partial charge >= 0.3 is 0 Å². The second kappa shape index (κ2) is 5.16. The highest BCUT2D eigenvalue weighted by atomic mass is 32.1. The molecule has 0 aliphatic carbocycles. The van der Waals surface area contributed by atoms with E-state index in [-0.39, 0.29) is 6.04 Å². The molecule has 0 radical (unpaired) electrons. The van der Waals surface area contributed by atoms with Crippen molar-refractivity contribution in [3.63, 3.8) is 0 Å². The van der Waals surface area contributed by atoms with E-state index in [1.807, 2.05) is 14.0 Å². The summed E-state index contributed by atoms with van der Waals surface area (Å²) in [6.07, 6.45) is 0. The Morgan fingerprint density at radius 3 is 2.33 bits per heavy atom. The lowest BCUT2D eigenvalue weighted by molar-refractivity contribution is 0.505. The van der Waals surface area contributed by atoms with Crippen LogP contribution in [0.1, 0.15) is 26.9 Å². The van der Waals surface area contributed by atoms with Gasteiger partial charge in [-0.3, -0.25) is 0 Å². The van der Waals surface area contributed by atoms with Gasteiger partial charge in [0.15, 0.2) is 11.6 Å². The standard InChI is InChI=1S/C14H15F2NS/c1-8-6-13(18-9(8)2)14(17-3)10-4-5-11(15)12(16)7-10/h4-7,14,17H,1-3H3. The highest BCUT2D eigenvalue weighted by molar-refractivity contribution is 7.12. The summed E-state index contributed by atoms with van der Waals surface area (Å²) in [5.74, 6) is -1.62. The van der Waals surface area contributed by atoms with Crippen molar-refractivity contribution in [2.45, 2.75) is 19.9 Å². The van der Waals surface area contributed by atoms with Crippen LogP contribution >= 0.6 is 11.3 Å². The van der Waals surface area contributed by atoms with Crippen molar-refractivity contribution in [2.75, 3.05) is 7.05 Å². The predicted octanol–water partition coefficient (Wildman–Crippen LogP) is 3.95. The molecule has 1 heterocycles. The fourth-order valence-corrected chi connectivity index (χ4v) is 3.09. The first kappa shape index (κ1) is 13.2. The van der Waals surface area contributed by atoms with Crippen LogP contribution in [0.5, 0.6) is 0 Å². The van der Waals surface area contributed by atoms with E-state index in [9.17, 15) is 8.78 Å². The summed E-state index contributed by atoms with van der Waals surface area (Å²) >= 11 is 1.67. The molecule has 0 fully saturated rings. The molecule has 2 rings (SSSR count). The molecule has 1 aromatic heterocycles. The van der Waals surface area contributed by atoms with E-state index in [1.54, 1.807) is 17.4 Å². The second-order valence-corrected chi connectivity index (χ2v) is 5.57. The van der Waals surface area contributed by atoms with E-state index >= 15 is 0 Å². The van der Waals surface area contributed by atoms with Gasteiger partial charge in [-0.1, -0.05) is 6.07 Å². The lowest BCUT2D eigenvalue weighted by Gasteiger charge is -2.15. The van der Waals surface area contributed by atoms with Crippen molar-refractivity contribution in [1.82, 2.24) is 5.32 Å². The molecule has 0 aliphatic heterocycles. The van der Waals surface area contributed by atoms with Crippen LogP contribution in [0.15, 0.2) is 24.3 Å². The van der Waals surface area contributed by atoms with Gasteiger partial charge in [0.1, 0.15) is 0 Å². The van der Waals surface area contributed by atoms with E-state index < -0.39 is 11.6 Å². The van der Waals surface area contributed by atoms with Crippen molar-refractivity contribution in [3.8, 4) is 0 Å². The fraction of sp³-hybridized carbons (Fsp3) is 0.286. The first-order valence-corrected chi connectivity index (χ1v) is 6.53. The highest BCUT2D eigenvalue weighted by Gasteiger charge is 2.16. The summed E-state index contributed by atoms with van der Waals surface area (Å²) in [7, 11) is 1.82. The number of hydrogen-bond acceptors (Lipinski definition) is 2. The molecule has 2 aromatic rings. The van der Waals surface area contributed by atoms with Gasteiger partial charge in [-0.05, 0) is 50.2 Å². The van der Waals surface area contributed by atoms with Crippen molar-refractivity contribution in [2.24, 2.45) is 0 Å². The molecule has 4 heteroatoms. The minimum Gasteiger partial charge on any atom is -0.309 e. The van der Waals surface area contributed by atoms with Gasteiger partial charge in [0.25, 0.3) is 0 Å². The first-order valence-electron chi connectivity index (χ1n) is 5.72. The summed E-state index contributed by atoms with van der Waals surface area (Å²) in [4.78, 5) is 2.35. The third kappa shape index (κ3) is 2.44. The molecule has 18 heavy (non-hydrogen) atoms. The molecular formula is C14H15F2NS. The topological polar surface area (TPSA) is 12.0 Å². The Bertz CT molecular complexity index is 543. The van der Waals surface area contributed by atoms with Crippen LogP contribution < -0.4 is 5.32 Å². The maximum atomic E-state index is 13.3. The van der Waals surface area contributed by atoms with Gasteiger partial charge in [-0.25, -0.2) is 8.78 Å². The van der Waals surface area contributed by atoms with Crippen LogP contribution in [0.25, 0.3) is 0 Å². The van der Waals surface area contributed by atoms with Crippen LogP contribution in [0.3, 0.4) is 0 Å². The van der Waals surface area contributed by atoms with Crippen molar-refractivity contribution in [3.05, 3.63) is 56.8 Å². The maximum absolute atomic E-state index is 13.3. The molecule has 0 saturated carbocycles. The Hall–Kier alpha value is -1.26. The summed E-state index contributed by atoms with van der Waals surface area (Å²) in [5, 5.41) is 3.14. The zero-order valence-electron chi connectivity index (χ0n) is 10.6. The number of thiophene rings is 1. The van der Waals surface area contributed by atoms with Gasteiger partial charge in [-0.15, -0.1) is 11.3 Å². The molecule has 0 bridgehead atoms. The quantitative estimate of drug-likeness (QED) is 0.887. The minimum absolute atomic E-state index is 0.0995. The van der Waals surface area contributed by atoms with Gasteiger partial charge in [0.2, 0.25) is 0 Å². The molecule has 1 N–H and O–H groups in total. The number of halogens is 2. The van der Waals surface area contributed by atoms with Crippen LogP contribution in [-0.2, 0) is 0 Å². The lowest BCUT2D eigenvalue weighted by Crippen LogP contribution is -2.16. The number of benzene rings is 1. The number of rotatable bonds is 3. The molecule has 1 atom stereocenters. The zero-order chi connectivity index (χ0) is 13.3. The monoisotopic (exact) mass is 267 g/mol. The first-order chi connectivity index (χ1) is 8.52. The average molecular weight is 267 g/mol. The van der Waals surface area contributed by atoms with Gasteiger partial charge in [0, 0.05) is 9.75 Å². The Labute approximate surface area is 109 Å². The Morgan fingerprint density at radius 2 is 1.83 bits per heavy atom. The van der Waals surface area contributed by atoms with Crippen LogP contribution in [0.4, 0.5) is 8.78 Å². The van der Waals surface area contributed by atoms with Crippen LogP contribution in [-0.4, -0.2) is 7.05 Å². The number of hydrogen-bond donors (Lipinski definition) is 1. The smallest absolute Gasteiger partial charge is 0.159 e. The molecule has 0 saturated heterocycles. The van der Waals surface area contributed by atoms with Crippen LogP contribution in [0.2, 0.25) is 0 Å². The van der Waals surface area contributed by atoms with E-state index in [1.165, 1.54) is 22.6 Å². The molecule has 96 valence electrons. The Morgan fingerprint density at radius 1 is 1.11 bits per heavy atom. The predicted molar refractivity (Wildman–Crippen MR) is 71.1 cm³/mol. The van der Waals surface area contributed by atoms with E-state index in [2.05, 4.69) is 18.3 Å². The average Bonchev–Trinajstić information content (AvgIpc) is 2.65.